The molecule has 0 heterocycles. The smallest absolute Gasteiger partial charge is 0.223 e. The fourth-order valence-electron chi connectivity index (χ4n) is 2.98. The van der Waals surface area contributed by atoms with Crippen molar-refractivity contribution in [1.82, 2.24) is 5.32 Å². The van der Waals surface area contributed by atoms with Crippen molar-refractivity contribution < 1.29 is 4.79 Å². The van der Waals surface area contributed by atoms with Crippen LogP contribution in [-0.4, -0.2) is 5.91 Å². The molecule has 2 nitrogen and oxygen atoms in total. The van der Waals surface area contributed by atoms with Crippen LogP contribution < -0.4 is 5.32 Å². The number of amides is 1. The lowest BCUT2D eigenvalue weighted by molar-refractivity contribution is -0.122. The highest BCUT2D eigenvalue weighted by Crippen LogP contribution is 2.35. The SMILES string of the molecule is CCC(/C=C/c1ccc(CNC(=O)C2CC2)c(Br)c1)c1cc(Cl)c(Cl)c(Cl)c1. The van der Waals surface area contributed by atoms with Crippen molar-refractivity contribution in [3.05, 3.63) is 72.6 Å². The van der Waals surface area contributed by atoms with Gasteiger partial charge in [0.25, 0.3) is 0 Å². The molecule has 0 aliphatic heterocycles. The van der Waals surface area contributed by atoms with Gasteiger partial charge in [-0.3, -0.25) is 4.79 Å². The third kappa shape index (κ3) is 5.54. The van der Waals surface area contributed by atoms with Gasteiger partial charge in [-0.2, -0.15) is 0 Å². The van der Waals surface area contributed by atoms with Crippen molar-refractivity contribution in [2.75, 3.05) is 0 Å². The van der Waals surface area contributed by atoms with E-state index in [-0.39, 0.29) is 17.7 Å². The zero-order chi connectivity index (χ0) is 20.3. The molecule has 2 aromatic rings. The van der Waals surface area contributed by atoms with Crippen LogP contribution in [0.15, 0.2) is 40.9 Å². The van der Waals surface area contributed by atoms with Crippen molar-refractivity contribution >= 4 is 62.7 Å². The van der Waals surface area contributed by atoms with E-state index in [0.717, 1.165) is 40.4 Å². The average Bonchev–Trinajstić information content (AvgIpc) is 3.51. The summed E-state index contributed by atoms with van der Waals surface area (Å²) in [6.07, 6.45) is 7.17. The fraction of sp³-hybridized carbons (Fsp3) is 0.318. The van der Waals surface area contributed by atoms with Crippen LogP contribution >= 0.6 is 50.7 Å². The second-order valence-electron chi connectivity index (χ2n) is 7.02. The molecule has 1 fully saturated rings. The number of benzene rings is 2. The summed E-state index contributed by atoms with van der Waals surface area (Å²) in [5.74, 6) is 0.562. The zero-order valence-electron chi connectivity index (χ0n) is 15.4. The lowest BCUT2D eigenvalue weighted by atomic mass is 9.95. The Morgan fingerprint density at radius 2 is 1.89 bits per heavy atom. The van der Waals surface area contributed by atoms with Gasteiger partial charge >= 0.3 is 0 Å². The Morgan fingerprint density at radius 3 is 2.46 bits per heavy atom. The maximum atomic E-state index is 11.8. The molecular weight excluding hydrogens is 481 g/mol. The molecule has 1 aliphatic carbocycles. The number of carbonyl (C=O) groups is 1. The van der Waals surface area contributed by atoms with Crippen LogP contribution in [0.25, 0.3) is 6.08 Å². The Morgan fingerprint density at radius 1 is 1.21 bits per heavy atom. The topological polar surface area (TPSA) is 29.1 Å². The van der Waals surface area contributed by atoms with Crippen molar-refractivity contribution in [3.8, 4) is 0 Å². The number of allylic oxidation sites excluding steroid dienone is 1. The minimum Gasteiger partial charge on any atom is -0.352 e. The lowest BCUT2D eigenvalue weighted by Crippen LogP contribution is -2.24. The summed E-state index contributed by atoms with van der Waals surface area (Å²) in [5, 5.41) is 4.32. The maximum Gasteiger partial charge on any atom is 0.223 e. The van der Waals surface area contributed by atoms with Crippen LogP contribution in [0.5, 0.6) is 0 Å². The van der Waals surface area contributed by atoms with Crippen molar-refractivity contribution in [2.24, 2.45) is 5.92 Å². The van der Waals surface area contributed by atoms with Crippen LogP contribution in [0.3, 0.4) is 0 Å². The summed E-state index contributed by atoms with van der Waals surface area (Å²) in [6, 6.07) is 9.89. The normalized spacial score (nSPS) is 15.0. The highest BCUT2D eigenvalue weighted by molar-refractivity contribution is 9.10. The minimum atomic E-state index is 0.155. The first kappa shape index (κ1) is 21.7. The first-order chi connectivity index (χ1) is 13.4. The van der Waals surface area contributed by atoms with E-state index in [9.17, 15) is 4.79 Å². The van der Waals surface area contributed by atoms with Gasteiger partial charge in [0, 0.05) is 22.9 Å². The molecule has 148 valence electrons. The predicted octanol–water partition coefficient (Wildman–Crippen LogP) is 7.64. The Balaban J connectivity index is 1.69. The highest BCUT2D eigenvalue weighted by atomic mass is 79.9. The number of nitrogens with one attached hydrogen (secondary N) is 1. The van der Waals surface area contributed by atoms with Crippen molar-refractivity contribution in [2.45, 2.75) is 38.6 Å². The molecule has 0 saturated heterocycles. The molecular formula is C22H21BrCl3NO. The molecule has 1 unspecified atom stereocenters. The van der Waals surface area contributed by atoms with Crippen LogP contribution in [-0.2, 0) is 11.3 Å². The van der Waals surface area contributed by atoms with Gasteiger partial charge in [0.05, 0.1) is 15.1 Å². The molecule has 1 aliphatic rings. The lowest BCUT2D eigenvalue weighted by Gasteiger charge is -2.13. The molecule has 0 radical (unpaired) electrons. The van der Waals surface area contributed by atoms with Gasteiger partial charge in [-0.25, -0.2) is 0 Å². The first-order valence-corrected chi connectivity index (χ1v) is 11.2. The van der Waals surface area contributed by atoms with Crippen LogP contribution in [0.4, 0.5) is 0 Å². The number of rotatable bonds is 7. The fourth-order valence-corrected chi connectivity index (χ4v) is 4.13. The van der Waals surface area contributed by atoms with Crippen LogP contribution in [0, 0.1) is 5.92 Å². The molecule has 0 bridgehead atoms. The Hall–Kier alpha value is -1.000. The van der Waals surface area contributed by atoms with E-state index in [1.807, 2.05) is 18.2 Å². The number of halogens is 4. The second kappa shape index (κ2) is 9.67. The minimum absolute atomic E-state index is 0.155. The van der Waals surface area contributed by atoms with E-state index in [1.165, 1.54) is 0 Å². The van der Waals surface area contributed by atoms with Gasteiger partial charge in [0.15, 0.2) is 0 Å². The molecule has 6 heteroatoms. The Bertz CT molecular complexity index is 886. The van der Waals surface area contributed by atoms with Gasteiger partial charge in [0.1, 0.15) is 0 Å². The summed E-state index contributed by atoms with van der Waals surface area (Å²) in [5.41, 5.74) is 3.18. The van der Waals surface area contributed by atoms with Gasteiger partial charge in [-0.05, 0) is 54.2 Å². The van der Waals surface area contributed by atoms with E-state index in [4.69, 9.17) is 34.8 Å². The van der Waals surface area contributed by atoms with E-state index < -0.39 is 0 Å². The molecule has 1 atom stereocenters. The Kier molecular flexibility index (Phi) is 7.49. The molecule has 1 amide bonds. The largest absolute Gasteiger partial charge is 0.352 e. The standard InChI is InChI=1S/C22H21BrCl3NO/c1-2-14(17-10-19(24)21(26)20(25)11-17)5-3-13-4-6-16(18(23)9-13)12-27-22(28)15-7-8-15/h3-6,9-11,14-15H,2,7-8,12H2,1H3,(H,27,28)/b5-3+. The molecule has 2 aromatic carbocycles. The molecule has 3 rings (SSSR count). The monoisotopic (exact) mass is 499 g/mol. The van der Waals surface area contributed by atoms with E-state index in [0.29, 0.717) is 21.6 Å². The zero-order valence-corrected chi connectivity index (χ0v) is 19.3. The van der Waals surface area contributed by atoms with Gasteiger partial charge in [0.2, 0.25) is 5.91 Å². The van der Waals surface area contributed by atoms with Gasteiger partial charge in [-0.1, -0.05) is 81.9 Å². The summed E-state index contributed by atoms with van der Waals surface area (Å²) in [6.45, 7) is 2.66. The quantitative estimate of drug-likeness (QED) is 0.388. The van der Waals surface area contributed by atoms with Crippen LogP contribution in [0.1, 0.15) is 48.8 Å². The highest BCUT2D eigenvalue weighted by Gasteiger charge is 2.29. The third-order valence-electron chi connectivity index (χ3n) is 4.87. The first-order valence-electron chi connectivity index (χ1n) is 9.27. The van der Waals surface area contributed by atoms with Crippen molar-refractivity contribution in [1.29, 1.82) is 0 Å². The molecule has 1 N–H and O–H groups in total. The molecule has 1 saturated carbocycles. The summed E-state index contributed by atoms with van der Waals surface area (Å²) < 4.78 is 0.983. The Labute approximate surface area is 189 Å². The molecule has 28 heavy (non-hydrogen) atoms. The number of carbonyl (C=O) groups excluding carboxylic acids is 1. The summed E-state index contributed by atoms with van der Waals surface area (Å²) in [4.78, 5) is 11.8. The maximum absolute atomic E-state index is 11.8. The van der Waals surface area contributed by atoms with E-state index >= 15 is 0 Å². The predicted molar refractivity (Wildman–Crippen MR) is 122 cm³/mol. The average molecular weight is 502 g/mol. The van der Waals surface area contributed by atoms with Gasteiger partial charge < -0.3 is 5.32 Å². The van der Waals surface area contributed by atoms with E-state index in [1.54, 1.807) is 0 Å². The summed E-state index contributed by atoms with van der Waals surface area (Å²) in [7, 11) is 0. The van der Waals surface area contributed by atoms with Crippen molar-refractivity contribution in [3.63, 3.8) is 0 Å². The second-order valence-corrected chi connectivity index (χ2v) is 9.06. The third-order valence-corrected chi connectivity index (χ3v) is 6.81. The van der Waals surface area contributed by atoms with Crippen LogP contribution in [0.2, 0.25) is 15.1 Å². The molecule has 0 spiro atoms. The summed E-state index contributed by atoms with van der Waals surface area (Å²) >= 11 is 22.0. The molecule has 0 aromatic heterocycles. The number of hydrogen-bond acceptors (Lipinski definition) is 1. The van der Waals surface area contributed by atoms with Gasteiger partial charge in [-0.15, -0.1) is 0 Å². The van der Waals surface area contributed by atoms with E-state index in [2.05, 4.69) is 52.5 Å². The number of hydrogen-bond donors (Lipinski definition) is 1.